The van der Waals surface area contributed by atoms with E-state index in [1.807, 2.05) is 39.0 Å². The summed E-state index contributed by atoms with van der Waals surface area (Å²) in [5, 5.41) is 2.70. The summed E-state index contributed by atoms with van der Waals surface area (Å²) in [4.78, 5) is 12.5. The Morgan fingerprint density at radius 1 is 0.939 bits per heavy atom. The van der Waals surface area contributed by atoms with Gasteiger partial charge in [0.25, 0.3) is 5.91 Å². The molecule has 0 aliphatic carbocycles. The summed E-state index contributed by atoms with van der Waals surface area (Å²) in [6, 6.07) is 22.5. The average molecular weight is 471 g/mol. The van der Waals surface area contributed by atoms with Crippen LogP contribution in [-0.4, -0.2) is 28.8 Å². The van der Waals surface area contributed by atoms with Crippen molar-refractivity contribution in [3.63, 3.8) is 0 Å². The van der Waals surface area contributed by atoms with Gasteiger partial charge in [0.1, 0.15) is 29.2 Å². The van der Waals surface area contributed by atoms with E-state index >= 15 is 0 Å². The van der Waals surface area contributed by atoms with E-state index in [-0.39, 0.29) is 23.9 Å². The lowest BCUT2D eigenvalue weighted by Gasteiger charge is -2.19. The van der Waals surface area contributed by atoms with E-state index in [1.54, 1.807) is 24.3 Å². The van der Waals surface area contributed by atoms with Crippen LogP contribution < -0.4 is 14.8 Å². The van der Waals surface area contributed by atoms with Crippen LogP contribution >= 0.6 is 0 Å². The van der Waals surface area contributed by atoms with Crippen molar-refractivity contribution in [3.8, 4) is 5.75 Å². The number of rotatable bonds is 7. The molecule has 1 amide bonds. The van der Waals surface area contributed by atoms with Gasteiger partial charge in [-0.05, 0) is 76.2 Å². The Hall–Kier alpha value is -3.03. The molecule has 1 atom stereocenters. The SMILES string of the molecule is CC(C)(C)NS(=O)c1ccc(OCCNC(=O)c2ccc(F)cc2)cc1.Cc1ccccc1. The molecule has 33 heavy (non-hydrogen) atoms. The maximum atomic E-state index is 12.8. The molecule has 0 bridgehead atoms. The number of halogens is 1. The first-order chi connectivity index (χ1) is 15.6. The van der Waals surface area contributed by atoms with Crippen LogP contribution in [-0.2, 0) is 11.0 Å². The molecule has 0 spiro atoms. The zero-order chi connectivity index (χ0) is 24.3. The van der Waals surface area contributed by atoms with Crippen molar-refractivity contribution in [1.29, 1.82) is 0 Å². The molecule has 0 saturated carbocycles. The molecule has 0 aromatic heterocycles. The standard InChI is InChI=1S/C19H23FN2O3S.C7H8/c1-19(2,3)22-26(24)17-10-8-16(9-11-17)25-13-12-21-18(23)14-4-6-15(20)7-5-14;1-7-5-3-2-4-6-7/h4-11,22H,12-13H2,1-3H3,(H,21,23);2-6H,1H3. The minimum atomic E-state index is -1.29. The molecule has 5 nitrogen and oxygen atoms in total. The minimum Gasteiger partial charge on any atom is -0.492 e. The van der Waals surface area contributed by atoms with Gasteiger partial charge in [-0.2, -0.15) is 0 Å². The average Bonchev–Trinajstić information content (AvgIpc) is 2.77. The molecule has 3 aromatic rings. The maximum Gasteiger partial charge on any atom is 0.251 e. The highest BCUT2D eigenvalue weighted by atomic mass is 32.2. The topological polar surface area (TPSA) is 67.4 Å². The number of amides is 1. The van der Waals surface area contributed by atoms with E-state index < -0.39 is 11.0 Å². The minimum absolute atomic E-state index is 0.247. The molecule has 0 heterocycles. The summed E-state index contributed by atoms with van der Waals surface area (Å²) in [5.74, 6) is -0.0444. The molecule has 0 radical (unpaired) electrons. The second-order valence-corrected chi connectivity index (χ2v) is 9.57. The van der Waals surface area contributed by atoms with E-state index in [1.165, 1.54) is 29.8 Å². The number of hydrogen-bond acceptors (Lipinski definition) is 3. The number of ether oxygens (including phenoxy) is 1. The van der Waals surface area contributed by atoms with Gasteiger partial charge < -0.3 is 10.1 Å². The van der Waals surface area contributed by atoms with Crippen LogP contribution in [0, 0.1) is 12.7 Å². The van der Waals surface area contributed by atoms with E-state index in [0.717, 1.165) is 0 Å². The molecule has 3 aromatic carbocycles. The van der Waals surface area contributed by atoms with Crippen LogP contribution in [0.15, 0.2) is 83.8 Å². The number of benzene rings is 3. The quantitative estimate of drug-likeness (QED) is 0.476. The summed E-state index contributed by atoms with van der Waals surface area (Å²) in [5.41, 5.74) is 1.47. The molecule has 7 heteroatoms. The van der Waals surface area contributed by atoms with Crippen molar-refractivity contribution in [2.45, 2.75) is 38.1 Å². The van der Waals surface area contributed by atoms with Gasteiger partial charge in [-0.15, -0.1) is 0 Å². The van der Waals surface area contributed by atoms with Gasteiger partial charge in [0.05, 0.1) is 11.4 Å². The van der Waals surface area contributed by atoms with Crippen molar-refractivity contribution in [1.82, 2.24) is 10.0 Å². The smallest absolute Gasteiger partial charge is 0.251 e. The first-order valence-electron chi connectivity index (χ1n) is 10.6. The normalized spacial score (nSPS) is 11.7. The monoisotopic (exact) mass is 470 g/mol. The largest absolute Gasteiger partial charge is 0.492 e. The number of aryl methyl sites for hydroxylation is 1. The van der Waals surface area contributed by atoms with E-state index in [9.17, 15) is 13.4 Å². The van der Waals surface area contributed by atoms with Crippen molar-refractivity contribution < 1.29 is 18.1 Å². The Balaban J connectivity index is 0.000000468. The molecule has 3 rings (SSSR count). The van der Waals surface area contributed by atoms with Crippen molar-refractivity contribution in [2.75, 3.05) is 13.2 Å². The molecule has 2 N–H and O–H groups in total. The Kier molecular flexibility index (Phi) is 10.2. The van der Waals surface area contributed by atoms with Crippen LogP contribution in [0.3, 0.4) is 0 Å². The first kappa shape index (κ1) is 26.2. The summed E-state index contributed by atoms with van der Waals surface area (Å²) in [7, 11) is -1.29. The lowest BCUT2D eigenvalue weighted by molar-refractivity contribution is 0.0947. The van der Waals surface area contributed by atoms with Crippen LogP contribution in [0.1, 0.15) is 36.7 Å². The molecular formula is C26H31FN2O3S. The van der Waals surface area contributed by atoms with Crippen LogP contribution in [0.5, 0.6) is 5.75 Å². The zero-order valence-corrected chi connectivity index (χ0v) is 20.2. The van der Waals surface area contributed by atoms with E-state index in [2.05, 4.69) is 29.1 Å². The highest BCUT2D eigenvalue weighted by Crippen LogP contribution is 2.15. The van der Waals surface area contributed by atoms with Gasteiger partial charge >= 0.3 is 0 Å². The maximum absolute atomic E-state index is 12.8. The van der Waals surface area contributed by atoms with Gasteiger partial charge in [0.2, 0.25) is 0 Å². The predicted octanol–water partition coefficient (Wildman–Crippen LogP) is 5.04. The second kappa shape index (κ2) is 12.9. The first-order valence-corrected chi connectivity index (χ1v) is 11.8. The number of carbonyl (C=O) groups is 1. The van der Waals surface area contributed by atoms with Crippen molar-refractivity contribution in [2.24, 2.45) is 0 Å². The highest BCUT2D eigenvalue weighted by Gasteiger charge is 2.14. The van der Waals surface area contributed by atoms with E-state index in [0.29, 0.717) is 22.8 Å². The number of carbonyl (C=O) groups excluding carboxylic acids is 1. The number of nitrogens with one attached hydrogen (secondary N) is 2. The summed E-state index contributed by atoms with van der Waals surface area (Å²) in [6.07, 6.45) is 0. The third-order valence-electron chi connectivity index (χ3n) is 4.14. The third-order valence-corrected chi connectivity index (χ3v) is 5.64. The summed E-state index contributed by atoms with van der Waals surface area (Å²) in [6.45, 7) is 8.53. The summed E-state index contributed by atoms with van der Waals surface area (Å²) >= 11 is 0. The lowest BCUT2D eigenvalue weighted by atomic mass is 10.1. The molecule has 0 fully saturated rings. The predicted molar refractivity (Wildman–Crippen MR) is 131 cm³/mol. The van der Waals surface area contributed by atoms with Gasteiger partial charge in [-0.3, -0.25) is 4.79 Å². The fraction of sp³-hybridized carbons (Fsp3) is 0.269. The van der Waals surface area contributed by atoms with Gasteiger partial charge in [-0.1, -0.05) is 35.9 Å². The Morgan fingerprint density at radius 3 is 2.06 bits per heavy atom. The lowest BCUT2D eigenvalue weighted by Crippen LogP contribution is -2.37. The van der Waals surface area contributed by atoms with Crippen molar-refractivity contribution in [3.05, 3.63) is 95.8 Å². The molecular weight excluding hydrogens is 439 g/mol. The fourth-order valence-corrected chi connectivity index (χ4v) is 3.62. The van der Waals surface area contributed by atoms with Gasteiger partial charge in [0, 0.05) is 11.1 Å². The molecule has 0 aliphatic heterocycles. The molecule has 176 valence electrons. The number of hydrogen-bond donors (Lipinski definition) is 2. The Bertz CT molecular complexity index is 1020. The Morgan fingerprint density at radius 2 is 1.55 bits per heavy atom. The van der Waals surface area contributed by atoms with E-state index in [4.69, 9.17) is 4.74 Å². The fourth-order valence-electron chi connectivity index (χ4n) is 2.57. The van der Waals surface area contributed by atoms with Gasteiger partial charge in [-0.25, -0.2) is 13.3 Å². The molecule has 0 aliphatic rings. The third kappa shape index (κ3) is 10.4. The zero-order valence-electron chi connectivity index (χ0n) is 19.4. The highest BCUT2D eigenvalue weighted by molar-refractivity contribution is 7.83. The van der Waals surface area contributed by atoms with Crippen LogP contribution in [0.2, 0.25) is 0 Å². The van der Waals surface area contributed by atoms with Crippen molar-refractivity contribution >= 4 is 16.9 Å². The molecule has 0 saturated heterocycles. The second-order valence-electron chi connectivity index (χ2n) is 8.36. The van der Waals surface area contributed by atoms with Crippen LogP contribution in [0.25, 0.3) is 0 Å². The Labute approximate surface area is 198 Å². The van der Waals surface area contributed by atoms with Gasteiger partial charge in [0.15, 0.2) is 0 Å². The van der Waals surface area contributed by atoms with Crippen LogP contribution in [0.4, 0.5) is 4.39 Å². The summed E-state index contributed by atoms with van der Waals surface area (Å²) < 4.78 is 33.5. The molecule has 1 unspecified atom stereocenters.